The Kier molecular flexibility index (Phi) is 14.1. The van der Waals surface area contributed by atoms with Crippen LogP contribution in [0.3, 0.4) is 0 Å². The molecule has 40 heavy (non-hydrogen) atoms. The fourth-order valence-corrected chi connectivity index (χ4v) is 4.50. The minimum Gasteiger partial charge on any atom is -0.494 e. The van der Waals surface area contributed by atoms with E-state index in [1.165, 1.54) is 63.9 Å². The summed E-state index contributed by atoms with van der Waals surface area (Å²) in [5.74, 6) is 0.669. The van der Waals surface area contributed by atoms with E-state index in [4.69, 9.17) is 14.2 Å². The zero-order valence-electron chi connectivity index (χ0n) is 24.3. The number of rotatable bonds is 19. The van der Waals surface area contributed by atoms with Gasteiger partial charge in [0.05, 0.1) is 18.8 Å². The predicted molar refractivity (Wildman–Crippen MR) is 161 cm³/mol. The molecule has 0 heterocycles. The molecule has 0 saturated carbocycles. The van der Waals surface area contributed by atoms with Crippen molar-refractivity contribution >= 4 is 5.97 Å². The highest BCUT2D eigenvalue weighted by molar-refractivity contribution is 5.91. The predicted octanol–water partition coefficient (Wildman–Crippen LogP) is 10.2. The van der Waals surface area contributed by atoms with Crippen LogP contribution in [0.5, 0.6) is 17.2 Å². The summed E-state index contributed by atoms with van der Waals surface area (Å²) in [7, 11) is 0. The Labute approximate surface area is 239 Å². The number of carbonyl (C=O) groups excluding carboxylic acids is 1. The van der Waals surface area contributed by atoms with E-state index in [1.54, 1.807) is 42.5 Å². The molecule has 0 N–H and O–H groups in total. The maximum atomic E-state index is 14.7. The second kappa shape index (κ2) is 18.1. The Hall–Kier alpha value is -3.34. The van der Waals surface area contributed by atoms with Gasteiger partial charge < -0.3 is 14.2 Å². The highest BCUT2D eigenvalue weighted by Gasteiger charge is 2.11. The summed E-state index contributed by atoms with van der Waals surface area (Å²) in [5, 5.41) is 0. The molecule has 3 aromatic carbocycles. The van der Waals surface area contributed by atoms with Crippen LogP contribution in [-0.2, 0) is 0 Å². The summed E-state index contributed by atoms with van der Waals surface area (Å²) in [5.41, 5.74) is 1.96. The molecule has 0 aliphatic heterocycles. The number of ether oxygens (including phenoxy) is 3. The summed E-state index contributed by atoms with van der Waals surface area (Å²) in [6, 6.07) is 19.1. The van der Waals surface area contributed by atoms with E-state index in [0.29, 0.717) is 24.5 Å². The molecular formula is C35H45FO4. The Bertz CT molecular complexity index is 1130. The minimum atomic E-state index is -0.448. The van der Waals surface area contributed by atoms with Crippen LogP contribution >= 0.6 is 0 Å². The minimum absolute atomic E-state index is 0.276. The molecule has 0 amide bonds. The SMILES string of the molecule is CCCCCCCCCOc1ccc(-c2ccc(C(=O)Oc3ccc(OCCCCCCC)cc3)cc2)cc1F. The number of benzene rings is 3. The van der Waals surface area contributed by atoms with Crippen molar-refractivity contribution in [2.75, 3.05) is 13.2 Å². The standard InChI is InChI=1S/C35H45FO4/c1-3-5-7-9-10-12-14-26-39-34-24-19-30(27-33(34)36)28-15-17-29(18-16-28)35(37)40-32-22-20-31(21-23-32)38-25-13-11-8-6-4-2/h15-24,27H,3-14,25-26H2,1-2H3. The fourth-order valence-electron chi connectivity index (χ4n) is 4.50. The van der Waals surface area contributed by atoms with Gasteiger partial charge >= 0.3 is 5.97 Å². The van der Waals surface area contributed by atoms with E-state index in [2.05, 4.69) is 13.8 Å². The van der Waals surface area contributed by atoms with Crippen molar-refractivity contribution in [1.82, 2.24) is 0 Å². The van der Waals surface area contributed by atoms with E-state index in [0.717, 1.165) is 36.1 Å². The average molecular weight is 549 g/mol. The molecule has 3 rings (SSSR count). The van der Waals surface area contributed by atoms with E-state index in [-0.39, 0.29) is 11.6 Å². The number of halogens is 1. The van der Waals surface area contributed by atoms with Gasteiger partial charge in [-0.2, -0.15) is 0 Å². The Morgan fingerprint density at radius 1 is 0.600 bits per heavy atom. The lowest BCUT2D eigenvalue weighted by Gasteiger charge is -2.10. The second-order valence-corrected chi connectivity index (χ2v) is 10.3. The topological polar surface area (TPSA) is 44.8 Å². The zero-order chi connectivity index (χ0) is 28.4. The van der Waals surface area contributed by atoms with Gasteiger partial charge in [0.15, 0.2) is 11.6 Å². The smallest absolute Gasteiger partial charge is 0.343 e. The third-order valence-electron chi connectivity index (χ3n) is 6.94. The number of hydrogen-bond acceptors (Lipinski definition) is 4. The highest BCUT2D eigenvalue weighted by atomic mass is 19.1. The Balaban J connectivity index is 1.43. The molecule has 0 saturated heterocycles. The van der Waals surface area contributed by atoms with Crippen molar-refractivity contribution in [2.24, 2.45) is 0 Å². The molecule has 3 aromatic rings. The van der Waals surface area contributed by atoms with Gasteiger partial charge in [0.25, 0.3) is 0 Å². The van der Waals surface area contributed by atoms with Crippen molar-refractivity contribution in [3.63, 3.8) is 0 Å². The first-order chi connectivity index (χ1) is 19.6. The van der Waals surface area contributed by atoms with Crippen LogP contribution in [0.25, 0.3) is 11.1 Å². The fraction of sp³-hybridized carbons (Fsp3) is 0.457. The summed E-state index contributed by atoms with van der Waals surface area (Å²) in [6.45, 7) is 5.63. The molecule has 4 nitrogen and oxygen atoms in total. The number of carbonyl (C=O) groups is 1. The molecule has 0 aromatic heterocycles. The molecule has 0 aliphatic carbocycles. The summed E-state index contributed by atoms with van der Waals surface area (Å²) < 4.78 is 31.6. The lowest BCUT2D eigenvalue weighted by molar-refractivity contribution is 0.0734. The van der Waals surface area contributed by atoms with Crippen LogP contribution in [0.2, 0.25) is 0 Å². The van der Waals surface area contributed by atoms with Crippen LogP contribution < -0.4 is 14.2 Å². The maximum Gasteiger partial charge on any atom is 0.343 e. The lowest BCUT2D eigenvalue weighted by Crippen LogP contribution is -2.08. The molecular weight excluding hydrogens is 503 g/mol. The van der Waals surface area contributed by atoms with Gasteiger partial charge in [-0.15, -0.1) is 0 Å². The molecule has 216 valence electrons. The van der Waals surface area contributed by atoms with Crippen LogP contribution in [0.15, 0.2) is 66.7 Å². The first kappa shape index (κ1) is 31.2. The lowest BCUT2D eigenvalue weighted by atomic mass is 10.0. The number of unbranched alkanes of at least 4 members (excludes halogenated alkanes) is 10. The van der Waals surface area contributed by atoms with Gasteiger partial charge in [-0.1, -0.05) is 96.3 Å². The van der Waals surface area contributed by atoms with E-state index in [9.17, 15) is 9.18 Å². The average Bonchev–Trinajstić information content (AvgIpc) is 2.98. The highest BCUT2D eigenvalue weighted by Crippen LogP contribution is 2.27. The first-order valence-corrected chi connectivity index (χ1v) is 15.1. The van der Waals surface area contributed by atoms with Crippen molar-refractivity contribution in [3.05, 3.63) is 78.1 Å². The van der Waals surface area contributed by atoms with E-state index >= 15 is 0 Å². The number of esters is 1. The molecule has 5 heteroatoms. The van der Waals surface area contributed by atoms with Gasteiger partial charge in [-0.05, 0) is 72.5 Å². The van der Waals surface area contributed by atoms with Crippen molar-refractivity contribution < 1.29 is 23.4 Å². The number of hydrogen-bond donors (Lipinski definition) is 0. The molecule has 0 fully saturated rings. The maximum absolute atomic E-state index is 14.7. The van der Waals surface area contributed by atoms with Gasteiger partial charge in [0.1, 0.15) is 11.5 Å². The van der Waals surface area contributed by atoms with Crippen molar-refractivity contribution in [2.45, 2.75) is 90.9 Å². The quantitative estimate of drug-likeness (QED) is 0.0849. The Morgan fingerprint density at radius 2 is 1.12 bits per heavy atom. The van der Waals surface area contributed by atoms with E-state index < -0.39 is 5.97 Å². The Morgan fingerprint density at radius 3 is 1.73 bits per heavy atom. The van der Waals surface area contributed by atoms with Gasteiger partial charge in [0, 0.05) is 0 Å². The van der Waals surface area contributed by atoms with Crippen LogP contribution in [-0.4, -0.2) is 19.2 Å². The first-order valence-electron chi connectivity index (χ1n) is 15.1. The van der Waals surface area contributed by atoms with Crippen molar-refractivity contribution in [3.8, 4) is 28.4 Å². The second-order valence-electron chi connectivity index (χ2n) is 10.3. The zero-order valence-corrected chi connectivity index (χ0v) is 24.3. The normalized spacial score (nSPS) is 10.9. The monoisotopic (exact) mass is 548 g/mol. The van der Waals surface area contributed by atoms with Crippen LogP contribution in [0.4, 0.5) is 4.39 Å². The van der Waals surface area contributed by atoms with Crippen molar-refractivity contribution in [1.29, 1.82) is 0 Å². The molecule has 0 spiro atoms. The van der Waals surface area contributed by atoms with Gasteiger partial charge in [0.2, 0.25) is 0 Å². The van der Waals surface area contributed by atoms with Gasteiger partial charge in [-0.3, -0.25) is 0 Å². The van der Waals surface area contributed by atoms with Crippen LogP contribution in [0, 0.1) is 5.82 Å². The summed E-state index contributed by atoms with van der Waals surface area (Å²) >= 11 is 0. The third-order valence-corrected chi connectivity index (χ3v) is 6.94. The molecule has 0 radical (unpaired) electrons. The molecule has 0 bridgehead atoms. The largest absolute Gasteiger partial charge is 0.494 e. The van der Waals surface area contributed by atoms with Crippen LogP contribution in [0.1, 0.15) is 101 Å². The van der Waals surface area contributed by atoms with E-state index in [1.807, 2.05) is 18.2 Å². The summed E-state index contributed by atoms with van der Waals surface area (Å²) in [4.78, 5) is 12.6. The molecule has 0 unspecified atom stereocenters. The summed E-state index contributed by atoms with van der Waals surface area (Å²) in [6.07, 6.45) is 14.3. The van der Waals surface area contributed by atoms with Gasteiger partial charge in [-0.25, -0.2) is 9.18 Å². The third kappa shape index (κ3) is 11.0. The molecule has 0 aliphatic rings. The molecule has 0 atom stereocenters.